The van der Waals surface area contributed by atoms with Gasteiger partial charge in [-0.15, -0.1) is 0 Å². The van der Waals surface area contributed by atoms with Gasteiger partial charge in [0.2, 0.25) is 5.91 Å². The van der Waals surface area contributed by atoms with Crippen LogP contribution in [0.4, 0.5) is 5.69 Å². The number of carbonyl (C=O) groups excluding carboxylic acids is 1. The summed E-state index contributed by atoms with van der Waals surface area (Å²) in [6.07, 6.45) is 0. The van der Waals surface area contributed by atoms with Crippen molar-refractivity contribution < 1.29 is 9.53 Å². The Morgan fingerprint density at radius 3 is 2.73 bits per heavy atom. The van der Waals surface area contributed by atoms with Crippen LogP contribution in [-0.4, -0.2) is 19.1 Å². The van der Waals surface area contributed by atoms with Crippen molar-refractivity contribution in [1.29, 1.82) is 0 Å². The van der Waals surface area contributed by atoms with Crippen LogP contribution in [0.15, 0.2) is 48.5 Å². The number of hydrogen-bond acceptors (Lipinski definition) is 3. The molecule has 0 aromatic heterocycles. The number of hydrogen-bond donors (Lipinski definition) is 2. The van der Waals surface area contributed by atoms with Crippen LogP contribution >= 0.6 is 0 Å². The molecule has 0 unspecified atom stereocenters. The zero-order chi connectivity index (χ0) is 15.8. The number of rotatable bonds is 7. The molecule has 2 aromatic rings. The van der Waals surface area contributed by atoms with Gasteiger partial charge in [0.05, 0.1) is 18.8 Å². The Kier molecular flexibility index (Phi) is 5.83. The van der Waals surface area contributed by atoms with E-state index in [1.807, 2.05) is 56.3 Å². The molecule has 0 bridgehead atoms. The van der Waals surface area contributed by atoms with Crippen LogP contribution in [0.2, 0.25) is 0 Å². The quantitative estimate of drug-likeness (QED) is 0.825. The van der Waals surface area contributed by atoms with Crippen LogP contribution < -0.4 is 15.4 Å². The Morgan fingerprint density at radius 2 is 1.95 bits per heavy atom. The predicted octanol–water partition coefficient (Wildman–Crippen LogP) is 3.12. The maximum Gasteiger partial charge on any atom is 0.239 e. The molecule has 0 spiro atoms. The second-order valence-electron chi connectivity index (χ2n) is 5.05. The first-order valence-electron chi connectivity index (χ1n) is 7.47. The Morgan fingerprint density at radius 1 is 1.14 bits per heavy atom. The molecular weight excluding hydrogens is 276 g/mol. The Hall–Kier alpha value is -2.49. The summed E-state index contributed by atoms with van der Waals surface area (Å²) >= 11 is 0. The molecule has 0 saturated heterocycles. The topological polar surface area (TPSA) is 50.4 Å². The molecule has 0 aliphatic heterocycles. The van der Waals surface area contributed by atoms with Crippen molar-refractivity contribution in [3.8, 4) is 5.75 Å². The van der Waals surface area contributed by atoms with Crippen molar-refractivity contribution in [1.82, 2.24) is 5.32 Å². The van der Waals surface area contributed by atoms with Gasteiger partial charge in [-0.3, -0.25) is 4.79 Å². The van der Waals surface area contributed by atoms with Crippen LogP contribution in [0.1, 0.15) is 18.1 Å². The van der Waals surface area contributed by atoms with Gasteiger partial charge in [-0.1, -0.05) is 42.0 Å². The SMILES string of the molecule is CCOc1ccccc1NCC(=O)NCc1cccc(C)c1. The molecular formula is C18H22N2O2. The lowest BCUT2D eigenvalue weighted by Crippen LogP contribution is -2.29. The minimum absolute atomic E-state index is 0.0483. The lowest BCUT2D eigenvalue weighted by Gasteiger charge is -2.12. The highest BCUT2D eigenvalue weighted by Crippen LogP contribution is 2.23. The maximum absolute atomic E-state index is 11.9. The molecule has 0 aliphatic carbocycles. The normalized spacial score (nSPS) is 10.1. The molecule has 116 valence electrons. The molecule has 0 radical (unpaired) electrons. The van der Waals surface area contributed by atoms with E-state index in [2.05, 4.69) is 16.7 Å². The summed E-state index contributed by atoms with van der Waals surface area (Å²) in [5.74, 6) is 0.712. The Balaban J connectivity index is 1.83. The van der Waals surface area contributed by atoms with E-state index in [1.54, 1.807) is 0 Å². The van der Waals surface area contributed by atoms with Gasteiger partial charge in [-0.05, 0) is 31.5 Å². The summed E-state index contributed by atoms with van der Waals surface area (Å²) in [7, 11) is 0. The Bertz CT molecular complexity index is 626. The van der Waals surface area contributed by atoms with Gasteiger partial charge in [0.25, 0.3) is 0 Å². The van der Waals surface area contributed by atoms with Crippen LogP contribution in [0, 0.1) is 6.92 Å². The molecule has 0 saturated carbocycles. The maximum atomic E-state index is 11.9. The van der Waals surface area contributed by atoms with Crippen molar-refractivity contribution in [3.63, 3.8) is 0 Å². The number of nitrogens with one attached hydrogen (secondary N) is 2. The molecule has 0 heterocycles. The third-order valence-electron chi connectivity index (χ3n) is 3.20. The standard InChI is InChI=1S/C18H22N2O2/c1-3-22-17-10-5-4-9-16(17)19-13-18(21)20-12-15-8-6-7-14(2)11-15/h4-11,19H,3,12-13H2,1-2H3,(H,20,21). The van der Waals surface area contributed by atoms with E-state index < -0.39 is 0 Å². The number of para-hydroxylation sites is 2. The lowest BCUT2D eigenvalue weighted by molar-refractivity contribution is -0.119. The third kappa shape index (κ3) is 4.81. The van der Waals surface area contributed by atoms with Gasteiger partial charge < -0.3 is 15.4 Å². The first-order valence-corrected chi connectivity index (χ1v) is 7.47. The Labute approximate surface area is 131 Å². The average Bonchev–Trinajstić information content (AvgIpc) is 2.52. The minimum Gasteiger partial charge on any atom is -0.492 e. The summed E-state index contributed by atoms with van der Waals surface area (Å²) in [6.45, 7) is 5.33. The van der Waals surface area contributed by atoms with Gasteiger partial charge >= 0.3 is 0 Å². The molecule has 22 heavy (non-hydrogen) atoms. The van der Waals surface area contributed by atoms with Crippen LogP contribution in [0.3, 0.4) is 0 Å². The van der Waals surface area contributed by atoms with Crippen molar-refractivity contribution in [2.75, 3.05) is 18.5 Å². The van der Waals surface area contributed by atoms with Crippen molar-refractivity contribution in [3.05, 3.63) is 59.7 Å². The summed E-state index contributed by atoms with van der Waals surface area (Å²) in [5, 5.41) is 6.01. The minimum atomic E-state index is -0.0483. The number of carbonyl (C=O) groups is 1. The average molecular weight is 298 g/mol. The lowest BCUT2D eigenvalue weighted by atomic mass is 10.1. The molecule has 2 aromatic carbocycles. The van der Waals surface area contributed by atoms with Crippen molar-refractivity contribution in [2.45, 2.75) is 20.4 Å². The van der Waals surface area contributed by atoms with E-state index in [0.29, 0.717) is 13.2 Å². The number of benzene rings is 2. The number of amides is 1. The molecule has 0 atom stereocenters. The summed E-state index contributed by atoms with van der Waals surface area (Å²) < 4.78 is 5.52. The van der Waals surface area contributed by atoms with Crippen LogP contribution in [0.25, 0.3) is 0 Å². The first-order chi connectivity index (χ1) is 10.7. The van der Waals surface area contributed by atoms with Crippen LogP contribution in [0.5, 0.6) is 5.75 Å². The van der Waals surface area contributed by atoms with Crippen molar-refractivity contribution in [2.24, 2.45) is 0 Å². The predicted molar refractivity (Wildman–Crippen MR) is 89.1 cm³/mol. The third-order valence-corrected chi connectivity index (χ3v) is 3.20. The molecule has 4 nitrogen and oxygen atoms in total. The number of aryl methyl sites for hydroxylation is 1. The van der Waals surface area contributed by atoms with Gasteiger partial charge in [0.1, 0.15) is 5.75 Å². The highest BCUT2D eigenvalue weighted by atomic mass is 16.5. The fourth-order valence-electron chi connectivity index (χ4n) is 2.15. The van der Waals surface area contributed by atoms with Crippen LogP contribution in [-0.2, 0) is 11.3 Å². The fraction of sp³-hybridized carbons (Fsp3) is 0.278. The first kappa shape index (κ1) is 15.9. The summed E-state index contributed by atoms with van der Waals surface area (Å²) in [6, 6.07) is 15.7. The number of anilines is 1. The smallest absolute Gasteiger partial charge is 0.239 e. The second kappa shape index (κ2) is 8.08. The van der Waals surface area contributed by atoms with Gasteiger partial charge in [0, 0.05) is 6.54 Å². The number of ether oxygens (including phenoxy) is 1. The second-order valence-corrected chi connectivity index (χ2v) is 5.05. The fourth-order valence-corrected chi connectivity index (χ4v) is 2.15. The molecule has 2 rings (SSSR count). The highest BCUT2D eigenvalue weighted by molar-refractivity contribution is 5.81. The summed E-state index contributed by atoms with van der Waals surface area (Å²) in [5.41, 5.74) is 3.12. The molecule has 0 fully saturated rings. The van der Waals surface area contributed by atoms with E-state index in [0.717, 1.165) is 17.0 Å². The molecule has 2 N–H and O–H groups in total. The molecule has 0 aliphatic rings. The zero-order valence-corrected chi connectivity index (χ0v) is 13.1. The van der Waals surface area contributed by atoms with Gasteiger partial charge in [-0.25, -0.2) is 0 Å². The van der Waals surface area contributed by atoms with E-state index in [-0.39, 0.29) is 12.5 Å². The molecule has 1 amide bonds. The summed E-state index contributed by atoms with van der Waals surface area (Å²) in [4.78, 5) is 11.9. The highest BCUT2D eigenvalue weighted by Gasteiger charge is 2.05. The molecule has 4 heteroatoms. The van der Waals surface area contributed by atoms with E-state index in [1.165, 1.54) is 5.56 Å². The van der Waals surface area contributed by atoms with Gasteiger partial charge in [-0.2, -0.15) is 0 Å². The van der Waals surface area contributed by atoms with E-state index in [9.17, 15) is 4.79 Å². The van der Waals surface area contributed by atoms with E-state index >= 15 is 0 Å². The largest absolute Gasteiger partial charge is 0.492 e. The monoisotopic (exact) mass is 298 g/mol. The van der Waals surface area contributed by atoms with Crippen molar-refractivity contribution >= 4 is 11.6 Å². The van der Waals surface area contributed by atoms with E-state index in [4.69, 9.17) is 4.74 Å². The zero-order valence-electron chi connectivity index (χ0n) is 13.1. The van der Waals surface area contributed by atoms with Gasteiger partial charge in [0.15, 0.2) is 0 Å².